The summed E-state index contributed by atoms with van der Waals surface area (Å²) in [5, 5.41) is 2.98. The number of carbonyl (C=O) groups excluding carboxylic acids is 1. The van der Waals surface area contributed by atoms with E-state index in [0.717, 1.165) is 15.3 Å². The van der Waals surface area contributed by atoms with Gasteiger partial charge in [-0.05, 0) is 36.2 Å². The van der Waals surface area contributed by atoms with Crippen LogP contribution in [0.5, 0.6) is 0 Å². The maximum absolute atomic E-state index is 12.8. The van der Waals surface area contributed by atoms with Gasteiger partial charge < -0.3 is 10.3 Å². The number of sulfonamides is 1. The number of nitrogens with zero attached hydrogens (tertiary/aromatic N) is 2. The first-order valence-corrected chi connectivity index (χ1v) is 10.4. The summed E-state index contributed by atoms with van der Waals surface area (Å²) in [5.74, 6) is 0.398. The molecule has 1 amide bonds. The van der Waals surface area contributed by atoms with E-state index < -0.39 is 10.0 Å². The molecule has 0 spiro atoms. The van der Waals surface area contributed by atoms with Gasteiger partial charge in [-0.1, -0.05) is 32.0 Å². The number of rotatable bonds is 6. The number of amides is 1. The minimum absolute atomic E-state index is 0.0787. The Morgan fingerprint density at radius 1 is 1.11 bits per heavy atom. The standard InChI is InChI=1S/C20H24N4O3S/c1-13(2)18(19-21-16-10-5-6-11-17(16)22-19)23-20(25)14-8-7-9-15(12-14)28(26,27)24(3)4/h5-13,18H,1-4H3,(H,21,22)(H,23,25)/t18-/m0/s1. The van der Waals surface area contributed by atoms with Crippen molar-refractivity contribution < 1.29 is 13.2 Å². The van der Waals surface area contributed by atoms with Crippen molar-refractivity contribution in [1.29, 1.82) is 0 Å². The molecule has 3 aromatic rings. The molecule has 0 aliphatic heterocycles. The first-order valence-electron chi connectivity index (χ1n) is 8.98. The van der Waals surface area contributed by atoms with E-state index in [2.05, 4.69) is 15.3 Å². The molecule has 1 aromatic heterocycles. The summed E-state index contributed by atoms with van der Waals surface area (Å²) in [5.41, 5.74) is 2.01. The lowest BCUT2D eigenvalue weighted by atomic mass is 10.0. The Morgan fingerprint density at radius 2 is 1.82 bits per heavy atom. The van der Waals surface area contributed by atoms with E-state index in [4.69, 9.17) is 0 Å². The second-order valence-corrected chi connectivity index (χ2v) is 9.30. The van der Waals surface area contributed by atoms with Gasteiger partial charge in [-0.25, -0.2) is 17.7 Å². The Hall–Kier alpha value is -2.71. The molecule has 1 heterocycles. The first-order chi connectivity index (χ1) is 13.2. The number of nitrogens with one attached hydrogen (secondary N) is 2. The fourth-order valence-electron chi connectivity index (χ4n) is 2.90. The van der Waals surface area contributed by atoms with Gasteiger partial charge in [-0.2, -0.15) is 0 Å². The lowest BCUT2D eigenvalue weighted by Gasteiger charge is -2.20. The van der Waals surface area contributed by atoms with Gasteiger partial charge in [0.05, 0.1) is 22.0 Å². The number of aromatic amines is 1. The maximum atomic E-state index is 12.8. The molecule has 3 rings (SSSR count). The summed E-state index contributed by atoms with van der Waals surface area (Å²) < 4.78 is 25.8. The fraction of sp³-hybridized carbons (Fsp3) is 0.300. The molecule has 148 valence electrons. The summed E-state index contributed by atoms with van der Waals surface area (Å²) in [6.45, 7) is 3.98. The van der Waals surface area contributed by atoms with Gasteiger partial charge in [0.1, 0.15) is 5.82 Å². The van der Waals surface area contributed by atoms with Crippen LogP contribution in [0.25, 0.3) is 11.0 Å². The van der Waals surface area contributed by atoms with Gasteiger partial charge in [0.2, 0.25) is 10.0 Å². The zero-order chi connectivity index (χ0) is 20.5. The highest BCUT2D eigenvalue weighted by molar-refractivity contribution is 7.89. The topological polar surface area (TPSA) is 95.2 Å². The smallest absolute Gasteiger partial charge is 0.251 e. The van der Waals surface area contributed by atoms with Gasteiger partial charge in [0.15, 0.2) is 0 Å². The lowest BCUT2D eigenvalue weighted by molar-refractivity contribution is 0.0923. The van der Waals surface area contributed by atoms with Crippen molar-refractivity contribution in [3.63, 3.8) is 0 Å². The summed E-state index contributed by atoms with van der Waals surface area (Å²) in [7, 11) is -0.699. The number of hydrogen-bond acceptors (Lipinski definition) is 4. The van der Waals surface area contributed by atoms with Crippen molar-refractivity contribution >= 4 is 27.0 Å². The number of carbonyl (C=O) groups is 1. The van der Waals surface area contributed by atoms with Crippen molar-refractivity contribution in [3.05, 3.63) is 59.9 Å². The fourth-order valence-corrected chi connectivity index (χ4v) is 3.85. The number of aromatic nitrogens is 2. The number of hydrogen-bond donors (Lipinski definition) is 2. The van der Waals surface area contributed by atoms with E-state index >= 15 is 0 Å². The van der Waals surface area contributed by atoms with Crippen LogP contribution in [0.4, 0.5) is 0 Å². The van der Waals surface area contributed by atoms with E-state index in [9.17, 15) is 13.2 Å². The van der Waals surface area contributed by atoms with Crippen LogP contribution in [0, 0.1) is 5.92 Å². The number of H-pyrrole nitrogens is 1. The first kappa shape index (κ1) is 20.0. The highest BCUT2D eigenvalue weighted by atomic mass is 32.2. The molecule has 0 saturated heterocycles. The maximum Gasteiger partial charge on any atom is 0.251 e. The zero-order valence-electron chi connectivity index (χ0n) is 16.3. The molecule has 0 bridgehead atoms. The average molecular weight is 401 g/mol. The predicted octanol–water partition coefficient (Wildman–Crippen LogP) is 2.94. The van der Waals surface area contributed by atoms with Crippen LogP contribution in [-0.2, 0) is 10.0 Å². The number of fused-ring (bicyclic) bond motifs is 1. The third-order valence-electron chi connectivity index (χ3n) is 4.53. The van der Waals surface area contributed by atoms with E-state index in [-0.39, 0.29) is 28.3 Å². The molecule has 28 heavy (non-hydrogen) atoms. The van der Waals surface area contributed by atoms with Gasteiger partial charge in [0, 0.05) is 19.7 Å². The number of para-hydroxylation sites is 2. The molecule has 1 atom stereocenters. The minimum atomic E-state index is -3.61. The van der Waals surface area contributed by atoms with E-state index in [0.29, 0.717) is 5.82 Å². The zero-order valence-corrected chi connectivity index (χ0v) is 17.1. The van der Waals surface area contributed by atoms with Crippen molar-refractivity contribution in [2.24, 2.45) is 5.92 Å². The van der Waals surface area contributed by atoms with Crippen LogP contribution in [0.15, 0.2) is 53.4 Å². The predicted molar refractivity (Wildman–Crippen MR) is 108 cm³/mol. The van der Waals surface area contributed by atoms with Gasteiger partial charge in [-0.3, -0.25) is 4.79 Å². The van der Waals surface area contributed by atoms with E-state index in [1.54, 1.807) is 12.1 Å². The molecular formula is C20H24N4O3S. The minimum Gasteiger partial charge on any atom is -0.342 e. The van der Waals surface area contributed by atoms with Crippen molar-refractivity contribution in [2.45, 2.75) is 24.8 Å². The highest BCUT2D eigenvalue weighted by Crippen LogP contribution is 2.23. The monoisotopic (exact) mass is 400 g/mol. The van der Waals surface area contributed by atoms with Crippen molar-refractivity contribution in [1.82, 2.24) is 19.6 Å². The van der Waals surface area contributed by atoms with Crippen LogP contribution in [0.1, 0.15) is 36.1 Å². The second kappa shape index (κ2) is 7.73. The van der Waals surface area contributed by atoms with Crippen LogP contribution in [0.3, 0.4) is 0 Å². The number of benzene rings is 2. The molecule has 0 fully saturated rings. The lowest BCUT2D eigenvalue weighted by Crippen LogP contribution is -2.32. The molecule has 0 aliphatic rings. The Bertz CT molecular complexity index is 1070. The summed E-state index contributed by atoms with van der Waals surface area (Å²) >= 11 is 0. The third-order valence-corrected chi connectivity index (χ3v) is 6.34. The van der Waals surface area contributed by atoms with Crippen LogP contribution < -0.4 is 5.32 Å². The summed E-state index contributed by atoms with van der Waals surface area (Å²) in [4.78, 5) is 20.8. The van der Waals surface area contributed by atoms with Gasteiger partial charge in [-0.15, -0.1) is 0 Å². The molecule has 8 heteroatoms. The normalized spacial score (nSPS) is 13.2. The van der Waals surface area contributed by atoms with Gasteiger partial charge >= 0.3 is 0 Å². The Labute approximate surface area is 164 Å². The Balaban J connectivity index is 1.89. The molecule has 7 nitrogen and oxygen atoms in total. The molecule has 0 saturated carbocycles. The van der Waals surface area contributed by atoms with Gasteiger partial charge in [0.25, 0.3) is 5.91 Å². The van der Waals surface area contributed by atoms with E-state index in [1.165, 1.54) is 26.2 Å². The largest absolute Gasteiger partial charge is 0.342 e. The van der Waals surface area contributed by atoms with Crippen LogP contribution in [-0.4, -0.2) is 42.7 Å². The Kier molecular flexibility index (Phi) is 5.53. The van der Waals surface area contributed by atoms with Crippen LogP contribution >= 0.6 is 0 Å². The quantitative estimate of drug-likeness (QED) is 0.665. The molecule has 0 aliphatic carbocycles. The molecule has 2 aromatic carbocycles. The van der Waals surface area contributed by atoms with E-state index in [1.807, 2.05) is 38.1 Å². The third kappa shape index (κ3) is 3.93. The molecular weight excluding hydrogens is 376 g/mol. The van der Waals surface area contributed by atoms with Crippen LogP contribution in [0.2, 0.25) is 0 Å². The van der Waals surface area contributed by atoms with Crippen molar-refractivity contribution in [2.75, 3.05) is 14.1 Å². The Morgan fingerprint density at radius 3 is 2.46 bits per heavy atom. The SMILES string of the molecule is CC(C)[C@H](NC(=O)c1cccc(S(=O)(=O)N(C)C)c1)c1nc2ccccc2[nH]1. The second-order valence-electron chi connectivity index (χ2n) is 7.15. The summed E-state index contributed by atoms with van der Waals surface area (Å²) in [6.07, 6.45) is 0. The average Bonchev–Trinajstić information content (AvgIpc) is 3.09. The highest BCUT2D eigenvalue weighted by Gasteiger charge is 2.24. The molecule has 0 unspecified atom stereocenters. The summed E-state index contributed by atoms with van der Waals surface area (Å²) in [6, 6.07) is 13.4. The number of imidazole rings is 1. The van der Waals surface area contributed by atoms with Crippen molar-refractivity contribution in [3.8, 4) is 0 Å². The molecule has 0 radical (unpaired) electrons. The molecule has 2 N–H and O–H groups in total.